The number of halogens is 1. The zero-order valence-corrected chi connectivity index (χ0v) is 12.2. The van der Waals surface area contributed by atoms with Crippen LogP contribution in [0.15, 0.2) is 18.2 Å². The van der Waals surface area contributed by atoms with Gasteiger partial charge in [-0.2, -0.15) is 0 Å². The second-order valence-electron chi connectivity index (χ2n) is 4.68. The molecule has 5 heteroatoms. The molecule has 1 aromatic carbocycles. The average molecular weight is 284 g/mol. The molecule has 4 nitrogen and oxygen atoms in total. The van der Waals surface area contributed by atoms with Crippen LogP contribution in [0.5, 0.6) is 0 Å². The molecule has 0 bridgehead atoms. The lowest BCUT2D eigenvalue weighted by Crippen LogP contribution is -2.31. The zero-order chi connectivity index (χ0) is 14.6. The molecule has 1 amide bonds. The number of ether oxygens (including phenoxy) is 1. The van der Waals surface area contributed by atoms with Gasteiger partial charge in [-0.25, -0.2) is 0 Å². The molecule has 0 aliphatic carbocycles. The van der Waals surface area contributed by atoms with Gasteiger partial charge in [0.15, 0.2) is 6.10 Å². The van der Waals surface area contributed by atoms with Gasteiger partial charge in [0.25, 0.3) is 5.91 Å². The van der Waals surface area contributed by atoms with E-state index in [1.165, 1.54) is 6.92 Å². The predicted octanol–water partition coefficient (Wildman–Crippen LogP) is 3.17. The van der Waals surface area contributed by atoms with Crippen molar-refractivity contribution in [1.82, 2.24) is 0 Å². The summed E-state index contributed by atoms with van der Waals surface area (Å²) in [4.78, 5) is 23.3. The fourth-order valence-electron chi connectivity index (χ4n) is 1.33. The van der Waals surface area contributed by atoms with Crippen molar-refractivity contribution in [3.05, 3.63) is 28.8 Å². The van der Waals surface area contributed by atoms with Crippen LogP contribution < -0.4 is 5.32 Å². The van der Waals surface area contributed by atoms with Crippen molar-refractivity contribution in [2.24, 2.45) is 5.92 Å². The molecule has 0 spiro atoms. The molecule has 0 aromatic heterocycles. The highest BCUT2D eigenvalue weighted by atomic mass is 35.5. The number of amides is 1. The Balaban J connectivity index is 2.69. The van der Waals surface area contributed by atoms with E-state index in [0.717, 1.165) is 5.56 Å². The molecule has 1 rings (SSSR count). The van der Waals surface area contributed by atoms with Crippen LogP contribution in [0.25, 0.3) is 0 Å². The number of esters is 1. The van der Waals surface area contributed by atoms with Crippen LogP contribution in [-0.4, -0.2) is 18.0 Å². The number of hydrogen-bond acceptors (Lipinski definition) is 3. The van der Waals surface area contributed by atoms with Gasteiger partial charge in [-0.05, 0) is 31.5 Å². The number of hydrogen-bond donors (Lipinski definition) is 1. The topological polar surface area (TPSA) is 55.4 Å². The van der Waals surface area contributed by atoms with Crippen LogP contribution >= 0.6 is 11.6 Å². The third-order valence-electron chi connectivity index (χ3n) is 2.59. The highest BCUT2D eigenvalue weighted by Crippen LogP contribution is 2.20. The lowest BCUT2D eigenvalue weighted by Gasteiger charge is -2.16. The highest BCUT2D eigenvalue weighted by Gasteiger charge is 2.20. The first kappa shape index (κ1) is 15.5. The highest BCUT2D eigenvalue weighted by molar-refractivity contribution is 6.31. The van der Waals surface area contributed by atoms with E-state index in [1.54, 1.807) is 26.0 Å². The molecule has 1 unspecified atom stereocenters. The van der Waals surface area contributed by atoms with Gasteiger partial charge >= 0.3 is 5.97 Å². The van der Waals surface area contributed by atoms with E-state index in [-0.39, 0.29) is 11.8 Å². The van der Waals surface area contributed by atoms with Gasteiger partial charge in [-0.15, -0.1) is 0 Å². The smallest absolute Gasteiger partial charge is 0.309 e. The Bertz CT molecular complexity index is 486. The van der Waals surface area contributed by atoms with Crippen molar-refractivity contribution in [2.75, 3.05) is 5.32 Å². The molecule has 0 aliphatic heterocycles. The van der Waals surface area contributed by atoms with Crippen LogP contribution in [0.2, 0.25) is 5.02 Å². The van der Waals surface area contributed by atoms with Crippen molar-refractivity contribution in [2.45, 2.75) is 33.8 Å². The fourth-order valence-corrected chi connectivity index (χ4v) is 1.50. The molecule has 1 N–H and O–H groups in total. The minimum Gasteiger partial charge on any atom is -0.452 e. The molecular formula is C14H18ClNO3. The minimum atomic E-state index is -0.840. The summed E-state index contributed by atoms with van der Waals surface area (Å²) in [7, 11) is 0. The van der Waals surface area contributed by atoms with Crippen molar-refractivity contribution >= 4 is 29.2 Å². The Morgan fingerprint density at radius 3 is 2.47 bits per heavy atom. The maximum Gasteiger partial charge on any atom is 0.309 e. The lowest BCUT2D eigenvalue weighted by atomic mass is 10.2. The Morgan fingerprint density at radius 1 is 1.26 bits per heavy atom. The number of benzene rings is 1. The van der Waals surface area contributed by atoms with Crippen molar-refractivity contribution < 1.29 is 14.3 Å². The van der Waals surface area contributed by atoms with E-state index in [9.17, 15) is 9.59 Å². The van der Waals surface area contributed by atoms with Crippen molar-refractivity contribution in [3.8, 4) is 0 Å². The van der Waals surface area contributed by atoms with Crippen LogP contribution in [-0.2, 0) is 14.3 Å². The molecule has 1 atom stereocenters. The predicted molar refractivity (Wildman–Crippen MR) is 75.2 cm³/mol. The monoisotopic (exact) mass is 283 g/mol. The number of anilines is 1. The summed E-state index contributed by atoms with van der Waals surface area (Å²) in [6.07, 6.45) is -0.840. The molecule has 0 saturated carbocycles. The van der Waals surface area contributed by atoms with Gasteiger partial charge < -0.3 is 10.1 Å². The maximum absolute atomic E-state index is 11.9. The van der Waals surface area contributed by atoms with E-state index < -0.39 is 12.1 Å². The van der Waals surface area contributed by atoms with Gasteiger partial charge in [-0.1, -0.05) is 31.5 Å². The van der Waals surface area contributed by atoms with E-state index in [1.807, 2.05) is 13.0 Å². The zero-order valence-electron chi connectivity index (χ0n) is 11.5. The van der Waals surface area contributed by atoms with Gasteiger partial charge in [-0.3, -0.25) is 9.59 Å². The number of nitrogens with one attached hydrogen (secondary N) is 1. The van der Waals surface area contributed by atoms with Crippen LogP contribution in [0, 0.1) is 12.8 Å². The minimum absolute atomic E-state index is 0.261. The number of rotatable bonds is 4. The van der Waals surface area contributed by atoms with Gasteiger partial charge in [0.05, 0.1) is 5.92 Å². The second-order valence-corrected chi connectivity index (χ2v) is 5.12. The van der Waals surface area contributed by atoms with Gasteiger partial charge in [0.1, 0.15) is 0 Å². The van der Waals surface area contributed by atoms with Crippen LogP contribution in [0.3, 0.4) is 0 Å². The summed E-state index contributed by atoms with van der Waals surface area (Å²) >= 11 is 5.87. The number of aryl methyl sites for hydroxylation is 1. The lowest BCUT2D eigenvalue weighted by molar-refractivity contribution is -0.156. The summed E-state index contributed by atoms with van der Waals surface area (Å²) in [5, 5.41) is 3.23. The summed E-state index contributed by atoms with van der Waals surface area (Å²) in [5.41, 5.74) is 1.50. The summed E-state index contributed by atoms with van der Waals surface area (Å²) < 4.78 is 5.03. The third kappa shape index (κ3) is 4.56. The Hall–Kier alpha value is -1.55. The molecule has 0 fully saturated rings. The fraction of sp³-hybridized carbons (Fsp3) is 0.429. The number of carbonyl (C=O) groups is 2. The van der Waals surface area contributed by atoms with E-state index in [4.69, 9.17) is 16.3 Å². The first-order chi connectivity index (χ1) is 8.81. The first-order valence-electron chi connectivity index (χ1n) is 6.08. The number of carbonyl (C=O) groups excluding carboxylic acids is 2. The normalized spacial score (nSPS) is 12.1. The molecule has 0 saturated heterocycles. The Kier molecular flexibility index (Phi) is 5.36. The Labute approximate surface area is 118 Å². The third-order valence-corrected chi connectivity index (χ3v) is 2.83. The van der Waals surface area contributed by atoms with Gasteiger partial charge in [0, 0.05) is 10.7 Å². The second kappa shape index (κ2) is 6.57. The molecular weight excluding hydrogens is 266 g/mol. The summed E-state index contributed by atoms with van der Waals surface area (Å²) in [6.45, 7) is 6.83. The molecule has 104 valence electrons. The Morgan fingerprint density at radius 2 is 1.89 bits per heavy atom. The van der Waals surface area contributed by atoms with Crippen LogP contribution in [0.4, 0.5) is 5.69 Å². The maximum atomic E-state index is 11.9. The van der Waals surface area contributed by atoms with Crippen LogP contribution in [0.1, 0.15) is 26.3 Å². The quantitative estimate of drug-likeness (QED) is 0.864. The molecule has 0 heterocycles. The van der Waals surface area contributed by atoms with Crippen molar-refractivity contribution in [3.63, 3.8) is 0 Å². The average Bonchev–Trinajstić information content (AvgIpc) is 2.33. The summed E-state index contributed by atoms with van der Waals surface area (Å²) in [5.74, 6) is -1.03. The van der Waals surface area contributed by atoms with E-state index in [0.29, 0.717) is 10.7 Å². The van der Waals surface area contributed by atoms with E-state index >= 15 is 0 Å². The van der Waals surface area contributed by atoms with Gasteiger partial charge in [0.2, 0.25) is 0 Å². The van der Waals surface area contributed by atoms with E-state index in [2.05, 4.69) is 5.32 Å². The molecule has 1 aromatic rings. The standard InChI is InChI=1S/C14H18ClNO3/c1-8(2)14(18)19-10(4)13(17)16-12-7-11(15)6-5-9(12)3/h5-8,10H,1-4H3,(H,16,17). The molecule has 0 aliphatic rings. The SMILES string of the molecule is Cc1ccc(Cl)cc1NC(=O)C(C)OC(=O)C(C)C. The summed E-state index contributed by atoms with van der Waals surface area (Å²) in [6, 6.07) is 5.21. The van der Waals surface area contributed by atoms with Crippen molar-refractivity contribution in [1.29, 1.82) is 0 Å². The first-order valence-corrected chi connectivity index (χ1v) is 6.46. The molecule has 0 radical (unpaired) electrons. The molecule has 19 heavy (non-hydrogen) atoms. The largest absolute Gasteiger partial charge is 0.452 e.